The molecular weight excluding hydrogens is 188 g/mol. The monoisotopic (exact) mass is 214 g/mol. The van der Waals surface area contributed by atoms with Gasteiger partial charge >= 0.3 is 0 Å². The maximum absolute atomic E-state index is 9.14. The molecule has 3 unspecified atom stereocenters. The largest absolute Gasteiger partial charge is 0.393 e. The molecule has 3 heteroatoms. The van der Waals surface area contributed by atoms with Crippen molar-refractivity contribution in [3.63, 3.8) is 0 Å². The molecule has 1 saturated carbocycles. The zero-order valence-corrected chi connectivity index (χ0v) is 9.91. The maximum atomic E-state index is 9.14. The molecule has 1 aliphatic carbocycles. The van der Waals surface area contributed by atoms with Gasteiger partial charge in [0.2, 0.25) is 0 Å². The smallest absolute Gasteiger partial charge is 0.0512 e. The summed E-state index contributed by atoms with van der Waals surface area (Å²) in [7, 11) is 0. The van der Waals surface area contributed by atoms with Crippen molar-refractivity contribution in [2.24, 2.45) is 11.7 Å². The number of aliphatic hydroxyl groups excluding tert-OH is 1. The third-order valence-corrected chi connectivity index (χ3v) is 3.42. The van der Waals surface area contributed by atoms with Crippen molar-refractivity contribution in [2.75, 3.05) is 13.1 Å². The van der Waals surface area contributed by atoms with Crippen molar-refractivity contribution < 1.29 is 5.11 Å². The molecule has 1 rings (SSSR count). The lowest BCUT2D eigenvalue weighted by molar-refractivity contribution is 0.179. The summed E-state index contributed by atoms with van der Waals surface area (Å²) in [6.07, 6.45) is 7.03. The summed E-state index contributed by atoms with van der Waals surface area (Å²) in [6.45, 7) is 3.68. The van der Waals surface area contributed by atoms with E-state index in [1.807, 2.05) is 6.92 Å². The molecule has 1 fully saturated rings. The minimum atomic E-state index is -0.163. The Kier molecular flexibility index (Phi) is 6.22. The lowest BCUT2D eigenvalue weighted by atomic mass is 9.84. The molecule has 0 radical (unpaired) electrons. The standard InChI is InChI=1S/C12H26N2O/c1-10(15)5-4-8-14-12-7-3-2-6-11(12)9-13/h10-12,14-15H,2-9,13H2,1H3. The van der Waals surface area contributed by atoms with Crippen LogP contribution in [-0.4, -0.2) is 30.3 Å². The Morgan fingerprint density at radius 2 is 2.13 bits per heavy atom. The minimum Gasteiger partial charge on any atom is -0.393 e. The molecule has 1 aliphatic rings. The van der Waals surface area contributed by atoms with Crippen molar-refractivity contribution in [1.29, 1.82) is 0 Å². The highest BCUT2D eigenvalue weighted by molar-refractivity contribution is 4.81. The summed E-state index contributed by atoms with van der Waals surface area (Å²) in [5, 5.41) is 12.7. The molecule has 0 bridgehead atoms. The first-order valence-corrected chi connectivity index (χ1v) is 6.35. The molecule has 0 aromatic rings. The average molecular weight is 214 g/mol. The van der Waals surface area contributed by atoms with Crippen LogP contribution < -0.4 is 11.1 Å². The summed E-state index contributed by atoms with van der Waals surface area (Å²) < 4.78 is 0. The Labute approximate surface area is 93.4 Å². The molecule has 0 aromatic carbocycles. The fourth-order valence-corrected chi connectivity index (χ4v) is 2.44. The van der Waals surface area contributed by atoms with Gasteiger partial charge < -0.3 is 16.2 Å². The summed E-state index contributed by atoms with van der Waals surface area (Å²) in [6, 6.07) is 0.623. The van der Waals surface area contributed by atoms with Crippen LogP contribution in [0.1, 0.15) is 45.4 Å². The van der Waals surface area contributed by atoms with E-state index in [4.69, 9.17) is 10.8 Å². The number of nitrogens with one attached hydrogen (secondary N) is 1. The molecule has 15 heavy (non-hydrogen) atoms. The molecule has 0 saturated heterocycles. The highest BCUT2D eigenvalue weighted by Gasteiger charge is 2.22. The van der Waals surface area contributed by atoms with E-state index in [1.165, 1.54) is 25.7 Å². The lowest BCUT2D eigenvalue weighted by Gasteiger charge is -2.31. The molecule has 3 nitrogen and oxygen atoms in total. The summed E-state index contributed by atoms with van der Waals surface area (Å²) in [5.41, 5.74) is 5.77. The Morgan fingerprint density at radius 1 is 1.40 bits per heavy atom. The van der Waals surface area contributed by atoms with Gasteiger partial charge in [0.1, 0.15) is 0 Å². The summed E-state index contributed by atoms with van der Waals surface area (Å²) >= 11 is 0. The summed E-state index contributed by atoms with van der Waals surface area (Å²) in [4.78, 5) is 0. The van der Waals surface area contributed by atoms with Crippen LogP contribution in [0.3, 0.4) is 0 Å². The van der Waals surface area contributed by atoms with Gasteiger partial charge in [-0.1, -0.05) is 12.8 Å². The van der Waals surface area contributed by atoms with Crippen molar-refractivity contribution in [1.82, 2.24) is 5.32 Å². The first-order chi connectivity index (χ1) is 7.24. The quantitative estimate of drug-likeness (QED) is 0.583. The fourth-order valence-electron chi connectivity index (χ4n) is 2.44. The molecule has 0 aromatic heterocycles. The number of rotatable bonds is 6. The molecule has 3 atom stereocenters. The predicted octanol–water partition coefficient (Wildman–Crippen LogP) is 1.25. The SMILES string of the molecule is CC(O)CCCNC1CCCCC1CN. The molecule has 4 N–H and O–H groups in total. The second kappa shape index (κ2) is 7.20. The molecule has 0 heterocycles. The topological polar surface area (TPSA) is 58.3 Å². The number of aliphatic hydroxyl groups is 1. The van der Waals surface area contributed by atoms with E-state index in [0.717, 1.165) is 25.9 Å². The first kappa shape index (κ1) is 12.9. The van der Waals surface area contributed by atoms with Gasteiger partial charge in [-0.15, -0.1) is 0 Å². The van der Waals surface area contributed by atoms with Gasteiger partial charge in [0.15, 0.2) is 0 Å². The molecule has 0 spiro atoms. The van der Waals surface area contributed by atoms with E-state index in [-0.39, 0.29) is 6.10 Å². The van der Waals surface area contributed by atoms with Crippen molar-refractivity contribution in [3.05, 3.63) is 0 Å². The normalized spacial score (nSPS) is 29.0. The van der Waals surface area contributed by atoms with Crippen LogP contribution in [0.4, 0.5) is 0 Å². The Hall–Kier alpha value is -0.120. The van der Waals surface area contributed by atoms with Crippen molar-refractivity contribution in [2.45, 2.75) is 57.6 Å². The van der Waals surface area contributed by atoms with E-state index < -0.39 is 0 Å². The van der Waals surface area contributed by atoms with Crippen molar-refractivity contribution in [3.8, 4) is 0 Å². The molecule has 0 aliphatic heterocycles. The van der Waals surface area contributed by atoms with E-state index in [1.54, 1.807) is 0 Å². The predicted molar refractivity (Wildman–Crippen MR) is 63.7 cm³/mol. The molecular formula is C12H26N2O. The lowest BCUT2D eigenvalue weighted by Crippen LogP contribution is -2.42. The zero-order valence-electron chi connectivity index (χ0n) is 9.91. The van der Waals surface area contributed by atoms with E-state index in [2.05, 4.69) is 5.32 Å². The Bertz CT molecular complexity index is 162. The number of hydrogen-bond donors (Lipinski definition) is 3. The Morgan fingerprint density at radius 3 is 2.80 bits per heavy atom. The zero-order chi connectivity index (χ0) is 11.1. The fraction of sp³-hybridized carbons (Fsp3) is 1.00. The van der Waals surface area contributed by atoms with Gasteiger partial charge in [-0.25, -0.2) is 0 Å². The van der Waals surface area contributed by atoms with Gasteiger partial charge in [0, 0.05) is 6.04 Å². The van der Waals surface area contributed by atoms with Crippen LogP contribution in [-0.2, 0) is 0 Å². The van der Waals surface area contributed by atoms with E-state index in [9.17, 15) is 0 Å². The summed E-state index contributed by atoms with van der Waals surface area (Å²) in [5.74, 6) is 0.672. The molecule has 90 valence electrons. The van der Waals surface area contributed by atoms with Gasteiger partial charge in [-0.05, 0) is 51.6 Å². The van der Waals surface area contributed by atoms with Crippen LogP contribution in [0.15, 0.2) is 0 Å². The minimum absolute atomic E-state index is 0.163. The second-order valence-corrected chi connectivity index (χ2v) is 4.83. The molecule has 0 amide bonds. The van der Waals surface area contributed by atoms with Crippen LogP contribution >= 0.6 is 0 Å². The highest BCUT2D eigenvalue weighted by Crippen LogP contribution is 2.23. The van der Waals surface area contributed by atoms with Gasteiger partial charge in [0.05, 0.1) is 6.10 Å². The van der Waals surface area contributed by atoms with Crippen LogP contribution in [0, 0.1) is 5.92 Å². The van der Waals surface area contributed by atoms with E-state index in [0.29, 0.717) is 12.0 Å². The average Bonchev–Trinajstić information content (AvgIpc) is 2.24. The Balaban J connectivity index is 2.12. The maximum Gasteiger partial charge on any atom is 0.0512 e. The van der Waals surface area contributed by atoms with Gasteiger partial charge in [0.25, 0.3) is 0 Å². The third-order valence-electron chi connectivity index (χ3n) is 3.42. The highest BCUT2D eigenvalue weighted by atomic mass is 16.3. The number of hydrogen-bond acceptors (Lipinski definition) is 3. The second-order valence-electron chi connectivity index (χ2n) is 4.83. The van der Waals surface area contributed by atoms with Gasteiger partial charge in [-0.2, -0.15) is 0 Å². The first-order valence-electron chi connectivity index (χ1n) is 6.35. The van der Waals surface area contributed by atoms with Gasteiger partial charge in [-0.3, -0.25) is 0 Å². The van der Waals surface area contributed by atoms with Crippen molar-refractivity contribution >= 4 is 0 Å². The third kappa shape index (κ3) is 4.96. The van der Waals surface area contributed by atoms with Crippen LogP contribution in [0.5, 0.6) is 0 Å². The van der Waals surface area contributed by atoms with E-state index >= 15 is 0 Å². The van der Waals surface area contributed by atoms with Crippen LogP contribution in [0.25, 0.3) is 0 Å². The number of nitrogens with two attached hydrogens (primary N) is 1. The van der Waals surface area contributed by atoms with Crippen LogP contribution in [0.2, 0.25) is 0 Å².